The number of nitro benzene ring substituents is 1. The van der Waals surface area contributed by atoms with Crippen LogP contribution < -0.4 is 13.8 Å². The highest BCUT2D eigenvalue weighted by Crippen LogP contribution is 2.35. The van der Waals surface area contributed by atoms with Gasteiger partial charge in [0.15, 0.2) is 11.5 Å². The molecule has 2 heterocycles. The summed E-state index contributed by atoms with van der Waals surface area (Å²) in [5.41, 5.74) is 0.956. The zero-order valence-corrected chi connectivity index (χ0v) is 20.3. The van der Waals surface area contributed by atoms with Crippen molar-refractivity contribution < 1.29 is 22.8 Å². The second-order valence-corrected chi connectivity index (χ2v) is 10.4. The number of methoxy groups -OCH3 is 2. The molecular weight excluding hydrogens is 480 g/mol. The molecule has 0 amide bonds. The van der Waals surface area contributed by atoms with E-state index in [1.165, 1.54) is 54.1 Å². The van der Waals surface area contributed by atoms with Crippen molar-refractivity contribution in [1.82, 2.24) is 9.88 Å². The van der Waals surface area contributed by atoms with Crippen molar-refractivity contribution in [3.8, 4) is 22.8 Å². The van der Waals surface area contributed by atoms with Gasteiger partial charge in [0.25, 0.3) is 15.7 Å². The van der Waals surface area contributed by atoms with Crippen molar-refractivity contribution >= 4 is 32.2 Å². The van der Waals surface area contributed by atoms with Gasteiger partial charge in [0, 0.05) is 29.1 Å². The first-order valence-corrected chi connectivity index (χ1v) is 12.8. The normalized spacial score (nSPS) is 14.2. The van der Waals surface area contributed by atoms with E-state index in [0.29, 0.717) is 22.8 Å². The number of likely N-dealkylation sites (tertiary alicyclic amines) is 1. The third-order valence-corrected chi connectivity index (χ3v) is 8.23. The van der Waals surface area contributed by atoms with Gasteiger partial charge in [0.05, 0.1) is 36.4 Å². The topological polar surface area (TPSA) is 115 Å². The highest BCUT2D eigenvalue weighted by molar-refractivity contribution is 7.93. The molecule has 12 heteroatoms. The predicted molar refractivity (Wildman–Crippen MR) is 129 cm³/mol. The molecule has 1 aliphatic rings. The Labute approximate surface area is 201 Å². The van der Waals surface area contributed by atoms with E-state index < -0.39 is 14.9 Å². The van der Waals surface area contributed by atoms with E-state index in [9.17, 15) is 18.5 Å². The van der Waals surface area contributed by atoms with Crippen LogP contribution in [0, 0.1) is 10.1 Å². The molecule has 0 saturated carbocycles. The highest BCUT2D eigenvalue weighted by atomic mass is 32.2. The van der Waals surface area contributed by atoms with Crippen LogP contribution in [0.4, 0.5) is 10.8 Å². The maximum absolute atomic E-state index is 13.8. The SMILES string of the molecule is COc1ccc(S(=O)(=O)N(CN2CCCC2)c2nc(-c3cccc([N+](=O)[O-])c3)cs2)cc1OC. The lowest BCUT2D eigenvalue weighted by atomic mass is 10.1. The lowest BCUT2D eigenvalue weighted by Crippen LogP contribution is -2.40. The third kappa shape index (κ3) is 4.83. The first kappa shape index (κ1) is 23.9. The number of anilines is 1. The number of non-ortho nitro benzene ring substituents is 1. The number of sulfonamides is 1. The summed E-state index contributed by atoms with van der Waals surface area (Å²) in [4.78, 5) is 17.3. The van der Waals surface area contributed by atoms with Gasteiger partial charge in [0.1, 0.15) is 0 Å². The third-order valence-electron chi connectivity index (χ3n) is 5.53. The zero-order chi connectivity index (χ0) is 24.3. The number of nitrogens with zero attached hydrogens (tertiary/aromatic N) is 4. The van der Waals surface area contributed by atoms with Crippen LogP contribution in [-0.2, 0) is 10.0 Å². The molecule has 180 valence electrons. The Bertz CT molecular complexity index is 1290. The number of aromatic nitrogens is 1. The van der Waals surface area contributed by atoms with Crippen molar-refractivity contribution in [2.75, 3.05) is 38.3 Å². The van der Waals surface area contributed by atoms with Crippen LogP contribution in [0.1, 0.15) is 12.8 Å². The van der Waals surface area contributed by atoms with Crippen molar-refractivity contribution in [3.63, 3.8) is 0 Å². The molecule has 0 bridgehead atoms. The molecule has 34 heavy (non-hydrogen) atoms. The highest BCUT2D eigenvalue weighted by Gasteiger charge is 2.31. The molecule has 1 aromatic heterocycles. The number of benzene rings is 2. The molecule has 0 atom stereocenters. The monoisotopic (exact) mass is 504 g/mol. The first-order chi connectivity index (χ1) is 16.3. The summed E-state index contributed by atoms with van der Waals surface area (Å²) in [5, 5.41) is 13.1. The van der Waals surface area contributed by atoms with Gasteiger partial charge in [-0.1, -0.05) is 12.1 Å². The van der Waals surface area contributed by atoms with Gasteiger partial charge < -0.3 is 9.47 Å². The Kier molecular flexibility index (Phi) is 7.00. The van der Waals surface area contributed by atoms with E-state index in [1.807, 2.05) is 0 Å². The molecule has 10 nitrogen and oxygen atoms in total. The number of hydrogen-bond acceptors (Lipinski definition) is 9. The van der Waals surface area contributed by atoms with Gasteiger partial charge >= 0.3 is 0 Å². The fourth-order valence-corrected chi connectivity index (χ4v) is 6.21. The predicted octanol–water partition coefficient (Wildman–Crippen LogP) is 3.98. The molecular formula is C22H24N4O6S2. The van der Waals surface area contributed by atoms with Crippen LogP contribution >= 0.6 is 11.3 Å². The van der Waals surface area contributed by atoms with Crippen molar-refractivity contribution in [1.29, 1.82) is 0 Å². The number of hydrogen-bond donors (Lipinski definition) is 0. The number of rotatable bonds is 9. The van der Waals surface area contributed by atoms with E-state index in [-0.39, 0.29) is 22.4 Å². The molecule has 0 spiro atoms. The second kappa shape index (κ2) is 9.95. The minimum absolute atomic E-state index is 0.0523. The fourth-order valence-electron chi connectivity index (χ4n) is 3.74. The molecule has 0 N–H and O–H groups in total. The van der Waals surface area contributed by atoms with Gasteiger partial charge in [-0.15, -0.1) is 11.3 Å². The largest absolute Gasteiger partial charge is 0.493 e. The zero-order valence-electron chi connectivity index (χ0n) is 18.7. The van der Waals surface area contributed by atoms with Gasteiger partial charge in [-0.2, -0.15) is 0 Å². The maximum atomic E-state index is 13.8. The van der Waals surface area contributed by atoms with E-state index in [0.717, 1.165) is 25.9 Å². The molecule has 1 aliphatic heterocycles. The molecule has 1 saturated heterocycles. The Morgan fingerprint density at radius 1 is 1.12 bits per heavy atom. The van der Waals surface area contributed by atoms with Crippen molar-refractivity contribution in [2.45, 2.75) is 17.7 Å². The summed E-state index contributed by atoms with van der Waals surface area (Å²) in [6.07, 6.45) is 2.00. The summed E-state index contributed by atoms with van der Waals surface area (Å²) >= 11 is 1.17. The van der Waals surface area contributed by atoms with Crippen molar-refractivity contribution in [2.24, 2.45) is 0 Å². The summed E-state index contributed by atoms with van der Waals surface area (Å²) < 4.78 is 39.3. The van der Waals surface area contributed by atoms with Crippen LogP contribution in [0.2, 0.25) is 0 Å². The Balaban J connectivity index is 1.74. The Morgan fingerprint density at radius 2 is 1.85 bits per heavy atom. The molecule has 0 aliphatic carbocycles. The average Bonchev–Trinajstić information content (AvgIpc) is 3.54. The lowest BCUT2D eigenvalue weighted by molar-refractivity contribution is -0.384. The quantitative estimate of drug-likeness (QED) is 0.317. The second-order valence-electron chi connectivity index (χ2n) is 7.66. The van der Waals surface area contributed by atoms with Gasteiger partial charge in [0.2, 0.25) is 5.13 Å². The van der Waals surface area contributed by atoms with Crippen molar-refractivity contribution in [3.05, 3.63) is 58.0 Å². The number of thiazole rings is 1. The number of ether oxygens (including phenoxy) is 2. The molecule has 0 radical (unpaired) electrons. The van der Waals surface area contributed by atoms with Gasteiger partial charge in [-0.05, 0) is 38.1 Å². The van der Waals surface area contributed by atoms with E-state index in [2.05, 4.69) is 9.88 Å². The van der Waals surface area contributed by atoms with Crippen LogP contribution in [0.15, 0.2) is 52.7 Å². The summed E-state index contributed by atoms with van der Waals surface area (Å²) in [5.74, 6) is 0.732. The molecule has 4 rings (SSSR count). The van der Waals surface area contributed by atoms with Gasteiger partial charge in [-0.3, -0.25) is 15.0 Å². The standard InChI is InChI=1S/C22H24N4O6S2/c1-31-20-9-8-18(13-21(20)32-2)34(29,30)25(15-24-10-3-4-11-24)22-23-19(14-33-22)16-6-5-7-17(12-16)26(27)28/h5-9,12-14H,3-4,10-11,15H2,1-2H3. The van der Waals surface area contributed by atoms with E-state index in [1.54, 1.807) is 23.6 Å². The van der Waals surface area contributed by atoms with Crippen LogP contribution in [0.3, 0.4) is 0 Å². The average molecular weight is 505 g/mol. The Hall–Kier alpha value is -3.22. The lowest BCUT2D eigenvalue weighted by Gasteiger charge is -2.27. The van der Waals surface area contributed by atoms with E-state index in [4.69, 9.17) is 9.47 Å². The van der Waals surface area contributed by atoms with Gasteiger partial charge in [-0.25, -0.2) is 17.7 Å². The van der Waals surface area contributed by atoms with Crippen LogP contribution in [0.25, 0.3) is 11.3 Å². The smallest absolute Gasteiger partial charge is 0.270 e. The molecule has 0 unspecified atom stereocenters. The molecule has 2 aromatic carbocycles. The minimum atomic E-state index is -3.99. The van der Waals surface area contributed by atoms with Crippen LogP contribution in [-0.4, -0.2) is 57.2 Å². The Morgan fingerprint density at radius 3 is 2.53 bits per heavy atom. The summed E-state index contributed by atoms with van der Waals surface area (Å²) in [6.45, 7) is 1.74. The summed E-state index contributed by atoms with van der Waals surface area (Å²) in [6, 6.07) is 10.6. The molecule has 3 aromatic rings. The maximum Gasteiger partial charge on any atom is 0.270 e. The van der Waals surface area contributed by atoms with E-state index >= 15 is 0 Å². The minimum Gasteiger partial charge on any atom is -0.493 e. The fraction of sp³-hybridized carbons (Fsp3) is 0.318. The number of nitro groups is 1. The first-order valence-electron chi connectivity index (χ1n) is 10.5. The summed E-state index contributed by atoms with van der Waals surface area (Å²) in [7, 11) is -1.06. The van der Waals surface area contributed by atoms with Crippen LogP contribution in [0.5, 0.6) is 11.5 Å². The molecule has 1 fully saturated rings.